The van der Waals surface area contributed by atoms with Gasteiger partial charge in [0, 0.05) is 18.1 Å². The van der Waals surface area contributed by atoms with Gasteiger partial charge in [-0.05, 0) is 37.1 Å². The molecule has 2 aromatic carbocycles. The summed E-state index contributed by atoms with van der Waals surface area (Å²) >= 11 is 6.13. The molecule has 0 aliphatic heterocycles. The third-order valence-electron chi connectivity index (χ3n) is 3.79. The molecule has 27 heavy (non-hydrogen) atoms. The summed E-state index contributed by atoms with van der Waals surface area (Å²) in [6, 6.07) is 12.9. The molecule has 0 saturated heterocycles. The molecule has 2 aromatic rings. The molecule has 0 aromatic heterocycles. The summed E-state index contributed by atoms with van der Waals surface area (Å²) in [5, 5.41) is 6.91. The first-order valence-electron chi connectivity index (χ1n) is 8.67. The van der Waals surface area contributed by atoms with Crippen LogP contribution in [0.2, 0.25) is 5.02 Å². The van der Waals surface area contributed by atoms with Crippen LogP contribution in [0.3, 0.4) is 0 Å². The van der Waals surface area contributed by atoms with E-state index in [2.05, 4.69) is 15.6 Å². The number of nitrogens with one attached hydrogen (secondary N) is 2. The third kappa shape index (κ3) is 6.52. The molecular formula is C19H23ClFN3O2S. The molecule has 0 aliphatic rings. The number of hydrogen-bond acceptors (Lipinski definition) is 3. The first-order chi connectivity index (χ1) is 12.9. The monoisotopic (exact) mass is 411 g/mol. The second-order valence-corrected chi connectivity index (χ2v) is 8.26. The molecule has 0 bridgehead atoms. The average molecular weight is 412 g/mol. The van der Waals surface area contributed by atoms with Crippen molar-refractivity contribution in [2.24, 2.45) is 4.99 Å². The smallest absolute Gasteiger partial charge is 0.191 e. The fraction of sp³-hybridized carbons (Fsp3) is 0.316. The second kappa shape index (κ2) is 10.3. The molecule has 0 amide bonds. The number of benzene rings is 2. The predicted octanol–water partition coefficient (Wildman–Crippen LogP) is 3.05. The van der Waals surface area contributed by atoms with Crippen molar-refractivity contribution >= 4 is 27.4 Å². The van der Waals surface area contributed by atoms with Crippen LogP contribution in [0.25, 0.3) is 0 Å². The van der Waals surface area contributed by atoms with Gasteiger partial charge in [-0.2, -0.15) is 0 Å². The normalized spacial score (nSPS) is 12.0. The van der Waals surface area contributed by atoms with E-state index in [1.54, 1.807) is 0 Å². The summed E-state index contributed by atoms with van der Waals surface area (Å²) in [5.41, 5.74) is 1.02. The molecule has 5 nitrogen and oxygen atoms in total. The van der Waals surface area contributed by atoms with E-state index in [1.165, 1.54) is 18.2 Å². The van der Waals surface area contributed by atoms with E-state index in [0.29, 0.717) is 30.5 Å². The van der Waals surface area contributed by atoms with Crippen LogP contribution in [0, 0.1) is 5.82 Å². The lowest BCUT2D eigenvalue weighted by molar-refractivity contribution is 0.567. The number of sulfone groups is 1. The summed E-state index contributed by atoms with van der Waals surface area (Å²) in [4.78, 5) is 3.97. The molecule has 0 spiro atoms. The minimum absolute atomic E-state index is 0.0259. The van der Waals surface area contributed by atoms with Gasteiger partial charge in [-0.15, -0.1) is 0 Å². The van der Waals surface area contributed by atoms with Crippen molar-refractivity contribution in [2.45, 2.75) is 18.2 Å². The standard InChI is InChI=1S/C19H23ClFN3O2S/c1-2-22-19(23-12-11-15-7-3-4-8-16(15)20)24-13-14-27(25,26)18-10-6-5-9-17(18)21/h3-10H,2,11-14H2,1H3,(H2,22,23,24). The van der Waals surface area contributed by atoms with Gasteiger partial charge in [-0.3, -0.25) is 4.99 Å². The van der Waals surface area contributed by atoms with Crippen molar-refractivity contribution in [3.8, 4) is 0 Å². The van der Waals surface area contributed by atoms with Gasteiger partial charge in [0.25, 0.3) is 0 Å². The van der Waals surface area contributed by atoms with E-state index < -0.39 is 15.7 Å². The van der Waals surface area contributed by atoms with Gasteiger partial charge in [-0.1, -0.05) is 41.9 Å². The summed E-state index contributed by atoms with van der Waals surface area (Å²) in [6.07, 6.45) is 0.706. The Morgan fingerprint density at radius 3 is 2.52 bits per heavy atom. The Bertz CT molecular complexity index is 888. The molecule has 0 radical (unpaired) electrons. The maximum absolute atomic E-state index is 13.7. The molecular weight excluding hydrogens is 389 g/mol. The zero-order valence-corrected chi connectivity index (χ0v) is 16.7. The summed E-state index contributed by atoms with van der Waals surface area (Å²) in [6.45, 7) is 3.17. The zero-order chi connectivity index (χ0) is 19.7. The van der Waals surface area contributed by atoms with Crippen molar-refractivity contribution in [1.82, 2.24) is 10.6 Å². The number of halogens is 2. The van der Waals surface area contributed by atoms with Gasteiger partial charge in [0.2, 0.25) is 0 Å². The van der Waals surface area contributed by atoms with Crippen molar-refractivity contribution in [3.05, 3.63) is 64.9 Å². The Labute approximate surface area is 164 Å². The van der Waals surface area contributed by atoms with E-state index in [4.69, 9.17) is 11.6 Å². The van der Waals surface area contributed by atoms with E-state index in [9.17, 15) is 12.8 Å². The molecule has 0 unspecified atom stereocenters. The number of hydrogen-bond donors (Lipinski definition) is 2. The topological polar surface area (TPSA) is 70.6 Å². The molecule has 0 fully saturated rings. The zero-order valence-electron chi connectivity index (χ0n) is 15.1. The van der Waals surface area contributed by atoms with Crippen LogP contribution < -0.4 is 10.6 Å². The van der Waals surface area contributed by atoms with Gasteiger partial charge >= 0.3 is 0 Å². The van der Waals surface area contributed by atoms with Crippen LogP contribution in [-0.2, 0) is 16.3 Å². The average Bonchev–Trinajstić information content (AvgIpc) is 2.63. The van der Waals surface area contributed by atoms with Gasteiger partial charge in [-0.25, -0.2) is 12.8 Å². The Kier molecular flexibility index (Phi) is 8.06. The van der Waals surface area contributed by atoms with Gasteiger partial charge < -0.3 is 10.6 Å². The number of aliphatic imine (C=N–C) groups is 1. The minimum atomic E-state index is -3.73. The highest BCUT2D eigenvalue weighted by molar-refractivity contribution is 7.91. The molecule has 0 saturated carbocycles. The Morgan fingerprint density at radius 1 is 1.11 bits per heavy atom. The van der Waals surface area contributed by atoms with Crippen molar-refractivity contribution in [2.75, 3.05) is 25.4 Å². The van der Waals surface area contributed by atoms with E-state index >= 15 is 0 Å². The molecule has 0 aliphatic carbocycles. The summed E-state index contributed by atoms with van der Waals surface area (Å²) in [5.74, 6) is -0.505. The molecule has 0 atom stereocenters. The SMILES string of the molecule is CCNC(=NCCS(=O)(=O)c1ccccc1F)NCCc1ccccc1Cl. The molecule has 2 N–H and O–H groups in total. The molecule has 146 valence electrons. The molecule has 0 heterocycles. The fourth-order valence-corrected chi connectivity index (χ4v) is 3.88. The van der Waals surface area contributed by atoms with E-state index in [-0.39, 0.29) is 17.2 Å². The van der Waals surface area contributed by atoms with Crippen LogP contribution >= 0.6 is 11.6 Å². The van der Waals surface area contributed by atoms with Crippen molar-refractivity contribution < 1.29 is 12.8 Å². The highest BCUT2D eigenvalue weighted by Gasteiger charge is 2.18. The number of nitrogens with zero attached hydrogens (tertiary/aromatic N) is 1. The van der Waals surface area contributed by atoms with E-state index in [1.807, 2.05) is 31.2 Å². The van der Waals surface area contributed by atoms with Crippen LogP contribution in [0.5, 0.6) is 0 Å². The highest BCUT2D eigenvalue weighted by atomic mass is 35.5. The quantitative estimate of drug-likeness (QED) is 0.517. The third-order valence-corrected chi connectivity index (χ3v) is 5.88. The van der Waals surface area contributed by atoms with Crippen LogP contribution in [-0.4, -0.2) is 39.8 Å². The van der Waals surface area contributed by atoms with Gasteiger partial charge in [0.15, 0.2) is 15.8 Å². The van der Waals surface area contributed by atoms with E-state index in [0.717, 1.165) is 11.6 Å². The molecule has 2 rings (SSSR count). The summed E-state index contributed by atoms with van der Waals surface area (Å²) in [7, 11) is -3.73. The second-order valence-electron chi connectivity index (χ2n) is 5.78. The maximum atomic E-state index is 13.7. The van der Waals surface area contributed by atoms with Crippen LogP contribution in [0.15, 0.2) is 58.4 Å². The van der Waals surface area contributed by atoms with Crippen LogP contribution in [0.1, 0.15) is 12.5 Å². The number of rotatable bonds is 8. The fourth-order valence-electron chi connectivity index (χ4n) is 2.44. The van der Waals surface area contributed by atoms with Gasteiger partial charge in [0.1, 0.15) is 10.7 Å². The lowest BCUT2D eigenvalue weighted by Crippen LogP contribution is -2.38. The lowest BCUT2D eigenvalue weighted by Gasteiger charge is -2.12. The Morgan fingerprint density at radius 2 is 1.81 bits per heavy atom. The lowest BCUT2D eigenvalue weighted by atomic mass is 10.1. The van der Waals surface area contributed by atoms with Crippen molar-refractivity contribution in [3.63, 3.8) is 0 Å². The first-order valence-corrected chi connectivity index (χ1v) is 10.7. The van der Waals surface area contributed by atoms with Crippen molar-refractivity contribution in [1.29, 1.82) is 0 Å². The maximum Gasteiger partial charge on any atom is 0.191 e. The first kappa shape index (κ1) is 21.2. The Balaban J connectivity index is 1.93. The Hall–Kier alpha value is -2.12. The van der Waals surface area contributed by atoms with Gasteiger partial charge in [0.05, 0.1) is 12.3 Å². The minimum Gasteiger partial charge on any atom is -0.357 e. The predicted molar refractivity (Wildman–Crippen MR) is 108 cm³/mol. The van der Waals surface area contributed by atoms with Crippen LogP contribution in [0.4, 0.5) is 4.39 Å². The highest BCUT2D eigenvalue weighted by Crippen LogP contribution is 2.15. The largest absolute Gasteiger partial charge is 0.357 e. The summed E-state index contributed by atoms with van der Waals surface area (Å²) < 4.78 is 38.2. The molecule has 8 heteroatoms. The number of guanidine groups is 1.